The van der Waals surface area contributed by atoms with Crippen molar-refractivity contribution in [2.75, 3.05) is 5.88 Å². The summed E-state index contributed by atoms with van der Waals surface area (Å²) >= 11 is 5.37. The maximum Gasteiger partial charge on any atom is 0.390 e. The summed E-state index contributed by atoms with van der Waals surface area (Å²) in [5.41, 5.74) is -3.06. The highest BCUT2D eigenvalue weighted by molar-refractivity contribution is 6.20. The fourth-order valence-corrected chi connectivity index (χ4v) is 2.82. The van der Waals surface area contributed by atoms with E-state index in [0.29, 0.717) is 5.01 Å². The monoisotopic (exact) mass is 387 g/mol. The molecule has 0 N–H and O–H groups in total. The second kappa shape index (κ2) is 7.19. The van der Waals surface area contributed by atoms with Crippen molar-refractivity contribution in [2.45, 2.75) is 31.5 Å². The second-order valence-electron chi connectivity index (χ2n) is 5.52. The zero-order valence-corrected chi connectivity index (χ0v) is 13.2. The smallest absolute Gasteiger partial charge is 0.272 e. The van der Waals surface area contributed by atoms with E-state index in [2.05, 4.69) is 10.1 Å². The van der Waals surface area contributed by atoms with Gasteiger partial charge in [0.25, 0.3) is 12.3 Å². The van der Waals surface area contributed by atoms with Gasteiger partial charge in [-0.3, -0.25) is 9.78 Å². The number of pyridine rings is 1. The Kier molecular flexibility index (Phi) is 5.60. The second-order valence-corrected chi connectivity index (χ2v) is 5.79. The maximum absolute atomic E-state index is 13.4. The van der Waals surface area contributed by atoms with Crippen molar-refractivity contribution in [1.29, 1.82) is 0 Å². The van der Waals surface area contributed by atoms with Gasteiger partial charge in [0, 0.05) is 24.7 Å². The average Bonchev–Trinajstić information content (AvgIpc) is 3.00. The first-order valence-corrected chi connectivity index (χ1v) is 7.51. The number of hydrogen-bond acceptors (Lipinski definition) is 3. The van der Waals surface area contributed by atoms with Crippen molar-refractivity contribution in [3.05, 3.63) is 29.8 Å². The first kappa shape index (κ1) is 19.5. The number of carbonyl (C=O) groups is 1. The molecular weight excluding hydrogens is 376 g/mol. The number of carbonyl (C=O) groups excluding carboxylic acids is 1. The van der Waals surface area contributed by atoms with Crippen LogP contribution in [-0.2, 0) is 4.79 Å². The molecule has 25 heavy (non-hydrogen) atoms. The maximum atomic E-state index is 13.4. The molecule has 138 valence electrons. The first-order chi connectivity index (χ1) is 11.6. The number of halogens is 7. The largest absolute Gasteiger partial charge is 0.390 e. The van der Waals surface area contributed by atoms with E-state index in [4.69, 9.17) is 11.6 Å². The van der Waals surface area contributed by atoms with Gasteiger partial charge in [0.2, 0.25) is 0 Å². The van der Waals surface area contributed by atoms with Crippen molar-refractivity contribution in [3.63, 3.8) is 0 Å². The van der Waals surface area contributed by atoms with Crippen molar-refractivity contribution in [2.24, 2.45) is 10.5 Å². The minimum Gasteiger partial charge on any atom is -0.272 e. The zero-order valence-electron chi connectivity index (χ0n) is 12.5. The van der Waals surface area contributed by atoms with Gasteiger partial charge in [-0.15, -0.1) is 11.6 Å². The van der Waals surface area contributed by atoms with Gasteiger partial charge in [-0.2, -0.15) is 18.3 Å². The SMILES string of the molecule is O=C(N1N=CCC1c1cncc(F)c1)C(CCl)(CC(F)(F)F)C(F)F. The van der Waals surface area contributed by atoms with E-state index < -0.39 is 48.1 Å². The van der Waals surface area contributed by atoms with Crippen LogP contribution in [-0.4, -0.2) is 40.6 Å². The molecule has 1 aliphatic rings. The van der Waals surface area contributed by atoms with Gasteiger partial charge < -0.3 is 0 Å². The fourth-order valence-electron chi connectivity index (χ4n) is 2.49. The van der Waals surface area contributed by atoms with Crippen LogP contribution in [0.2, 0.25) is 0 Å². The Bertz CT molecular complexity index is 668. The van der Waals surface area contributed by atoms with Gasteiger partial charge in [-0.25, -0.2) is 18.2 Å². The molecule has 0 fully saturated rings. The number of aromatic nitrogens is 1. The van der Waals surface area contributed by atoms with Crippen molar-refractivity contribution >= 4 is 23.7 Å². The summed E-state index contributed by atoms with van der Waals surface area (Å²) in [5.74, 6) is -3.56. The number of rotatable bonds is 5. The van der Waals surface area contributed by atoms with E-state index in [-0.39, 0.29) is 12.0 Å². The highest BCUT2D eigenvalue weighted by atomic mass is 35.5. The molecule has 2 atom stereocenters. The Hall–Kier alpha value is -1.84. The van der Waals surface area contributed by atoms with Gasteiger partial charge in [0.15, 0.2) is 0 Å². The molecule has 0 radical (unpaired) electrons. The molecule has 0 saturated carbocycles. The Morgan fingerprint density at radius 2 is 2.04 bits per heavy atom. The average molecular weight is 388 g/mol. The van der Waals surface area contributed by atoms with Crippen LogP contribution < -0.4 is 0 Å². The molecule has 0 aliphatic carbocycles. The third-order valence-electron chi connectivity index (χ3n) is 3.75. The molecule has 0 bridgehead atoms. The summed E-state index contributed by atoms with van der Waals surface area (Å²) in [6, 6.07) is -0.0357. The molecule has 11 heteroatoms. The number of amides is 1. The Morgan fingerprint density at radius 3 is 2.56 bits per heavy atom. The van der Waals surface area contributed by atoms with Crippen LogP contribution in [0.5, 0.6) is 0 Å². The third kappa shape index (κ3) is 4.05. The zero-order chi connectivity index (χ0) is 18.8. The van der Waals surface area contributed by atoms with Crippen LogP contribution in [0.25, 0.3) is 0 Å². The highest BCUT2D eigenvalue weighted by Gasteiger charge is 2.56. The summed E-state index contributed by atoms with van der Waals surface area (Å²) in [7, 11) is 0. The fraction of sp³-hybridized carbons (Fsp3) is 0.500. The lowest BCUT2D eigenvalue weighted by Crippen LogP contribution is -2.50. The quantitative estimate of drug-likeness (QED) is 0.568. The molecule has 1 aromatic rings. The summed E-state index contributed by atoms with van der Waals surface area (Å²) < 4.78 is 78.4. The molecule has 0 spiro atoms. The molecule has 1 aliphatic heterocycles. The van der Waals surface area contributed by atoms with Crippen molar-refractivity contribution < 1.29 is 31.1 Å². The predicted octanol–water partition coefficient (Wildman–Crippen LogP) is 3.92. The van der Waals surface area contributed by atoms with Crippen LogP contribution in [0.3, 0.4) is 0 Å². The van der Waals surface area contributed by atoms with E-state index in [1.165, 1.54) is 12.4 Å². The van der Waals surface area contributed by atoms with Crippen molar-refractivity contribution in [3.8, 4) is 0 Å². The summed E-state index contributed by atoms with van der Waals surface area (Å²) in [5, 5.41) is 4.10. The molecule has 0 saturated heterocycles. The van der Waals surface area contributed by atoms with E-state index in [0.717, 1.165) is 12.3 Å². The summed E-state index contributed by atoms with van der Waals surface area (Å²) in [6.45, 7) is 0. The molecule has 2 rings (SSSR count). The standard InChI is InChI=1S/C14H12ClF6N3O/c15-7-13(11(17)18,6-14(19,20)21)12(25)24-10(1-2-23-24)8-3-9(16)5-22-4-8/h2-5,10-11H,1,6-7H2. The van der Waals surface area contributed by atoms with E-state index >= 15 is 0 Å². The van der Waals surface area contributed by atoms with Gasteiger partial charge in [0.1, 0.15) is 11.2 Å². The molecule has 2 heterocycles. The van der Waals surface area contributed by atoms with E-state index in [9.17, 15) is 31.1 Å². The molecular formula is C14H12ClF6N3O. The topological polar surface area (TPSA) is 45.6 Å². The lowest BCUT2D eigenvalue weighted by molar-refractivity contribution is -0.189. The lowest BCUT2D eigenvalue weighted by Gasteiger charge is -2.35. The lowest BCUT2D eigenvalue weighted by atomic mass is 9.84. The van der Waals surface area contributed by atoms with Gasteiger partial charge in [0.05, 0.1) is 18.7 Å². The van der Waals surface area contributed by atoms with E-state index in [1.54, 1.807) is 0 Å². The Labute approximate surface area is 143 Å². The van der Waals surface area contributed by atoms with Crippen LogP contribution in [0, 0.1) is 11.2 Å². The highest BCUT2D eigenvalue weighted by Crippen LogP contribution is 2.43. The molecule has 2 unspecified atom stereocenters. The molecule has 0 aromatic carbocycles. The van der Waals surface area contributed by atoms with Gasteiger partial charge in [-0.1, -0.05) is 0 Å². The Balaban J connectivity index is 2.38. The number of nitrogens with zero attached hydrogens (tertiary/aromatic N) is 3. The van der Waals surface area contributed by atoms with Crippen LogP contribution in [0.1, 0.15) is 24.4 Å². The normalized spacial score (nSPS) is 20.2. The number of alkyl halides is 6. The first-order valence-electron chi connectivity index (χ1n) is 6.98. The van der Waals surface area contributed by atoms with Crippen LogP contribution >= 0.6 is 11.6 Å². The Morgan fingerprint density at radius 1 is 1.36 bits per heavy atom. The number of hydrogen-bond donors (Lipinski definition) is 0. The number of hydrazone groups is 1. The van der Waals surface area contributed by atoms with Crippen LogP contribution in [0.15, 0.2) is 23.6 Å². The predicted molar refractivity (Wildman–Crippen MR) is 76.7 cm³/mol. The minimum absolute atomic E-state index is 0.0183. The summed E-state index contributed by atoms with van der Waals surface area (Å²) in [6.07, 6.45) is -7.55. The molecule has 1 amide bonds. The molecule has 1 aromatic heterocycles. The van der Waals surface area contributed by atoms with Crippen LogP contribution in [0.4, 0.5) is 26.3 Å². The van der Waals surface area contributed by atoms with Crippen molar-refractivity contribution in [1.82, 2.24) is 9.99 Å². The minimum atomic E-state index is -5.04. The van der Waals surface area contributed by atoms with E-state index in [1.807, 2.05) is 0 Å². The third-order valence-corrected chi connectivity index (χ3v) is 4.22. The molecule has 4 nitrogen and oxygen atoms in total. The van der Waals surface area contributed by atoms with Gasteiger partial charge >= 0.3 is 6.18 Å². The summed E-state index contributed by atoms with van der Waals surface area (Å²) in [4.78, 5) is 16.1. The van der Waals surface area contributed by atoms with Gasteiger partial charge in [-0.05, 0) is 11.6 Å².